The van der Waals surface area contributed by atoms with Gasteiger partial charge in [-0.1, -0.05) is 43.1 Å². The van der Waals surface area contributed by atoms with Gasteiger partial charge in [0.05, 0.1) is 42.8 Å². The van der Waals surface area contributed by atoms with Crippen molar-refractivity contribution >= 4 is 17.9 Å². The molecule has 352 valence electrons. The fourth-order valence-electron chi connectivity index (χ4n) is 9.96. The lowest BCUT2D eigenvalue weighted by Crippen LogP contribution is -3.09. The number of aliphatic carboxylic acids is 1. The van der Waals surface area contributed by atoms with Gasteiger partial charge in [-0.3, -0.25) is 4.99 Å². The van der Waals surface area contributed by atoms with E-state index in [0.717, 1.165) is 82.6 Å². The molecule has 0 aromatic carbocycles. The Morgan fingerprint density at radius 2 is 1.81 bits per heavy atom. The molecule has 6 rings (SSSR count). The van der Waals surface area contributed by atoms with Crippen molar-refractivity contribution in [3.8, 4) is 0 Å². The topological polar surface area (TPSA) is 277 Å². The Labute approximate surface area is 368 Å². The number of nitrogens with two attached hydrogens (primary N) is 1. The molecule has 0 radical (unpaired) electrons. The lowest BCUT2D eigenvalue weighted by atomic mass is 9.80. The number of hydrogen-bond donors (Lipinski definition) is 10. The Kier molecular flexibility index (Phi) is 17.0. The predicted molar refractivity (Wildman–Crippen MR) is 227 cm³/mol. The number of esters is 1. The van der Waals surface area contributed by atoms with Crippen LogP contribution < -0.4 is 16.0 Å². The van der Waals surface area contributed by atoms with Crippen molar-refractivity contribution in [2.75, 3.05) is 39.5 Å². The molecule has 6 aliphatic rings. The van der Waals surface area contributed by atoms with Gasteiger partial charge in [0.25, 0.3) is 0 Å². The van der Waals surface area contributed by atoms with E-state index in [0.29, 0.717) is 16.9 Å². The standard InChI is InChI=1S/C45H68N4O14/c1-27(2)60-38-42(62-35(25-52)37(53)45(38,57)58)63-41-32(21-28-9-4-3-5-10-28)31(34(26-59-41)40(56)61-30-13-16-44(22-30)14-6-7-15-44)12-11-29-23-49(18-20-51)24-33(39(54)55)36(29)48-43(46)47-17-8-19-50/h11-12,21,24,26-27,30-32,35,37-38,41-42,50-53,57-58H,3-10,13-20,22-23,25H2,1-2H3,(H,54,55)(H3,46,47,48)/p+1/b12-11+/t30-,31+,32-,35-,37-,38+,41+,42+/m1/s1. The first-order chi connectivity index (χ1) is 30.2. The smallest absolute Gasteiger partial charge is 0.343 e. The van der Waals surface area contributed by atoms with Gasteiger partial charge in [0.1, 0.15) is 43.2 Å². The number of aliphatic imine (C=N–C) groups is 1. The summed E-state index contributed by atoms with van der Waals surface area (Å²) in [6.45, 7) is 2.84. The Bertz CT molecular complexity index is 1780. The van der Waals surface area contributed by atoms with Crippen molar-refractivity contribution in [1.29, 1.82) is 0 Å². The van der Waals surface area contributed by atoms with Gasteiger partial charge in [-0.15, -0.1) is 0 Å². The third-order valence-electron chi connectivity index (χ3n) is 13.2. The number of carbonyl (C=O) groups is 2. The molecule has 1 unspecified atom stereocenters. The van der Waals surface area contributed by atoms with Crippen molar-refractivity contribution in [2.24, 2.45) is 28.0 Å². The van der Waals surface area contributed by atoms with Crippen molar-refractivity contribution in [2.45, 2.75) is 146 Å². The van der Waals surface area contributed by atoms with Crippen molar-refractivity contribution in [3.63, 3.8) is 0 Å². The summed E-state index contributed by atoms with van der Waals surface area (Å²) in [4.78, 5) is 32.2. The largest absolute Gasteiger partial charge is 0.477 e. The fraction of sp³-hybridized carbons (Fsp3) is 0.711. The number of hydrogen-bond acceptors (Lipinski definition) is 14. The zero-order chi connectivity index (χ0) is 45.3. The maximum absolute atomic E-state index is 14.5. The molecule has 9 atom stereocenters. The highest BCUT2D eigenvalue weighted by Gasteiger charge is 2.58. The van der Waals surface area contributed by atoms with Crippen LogP contribution in [0.5, 0.6) is 0 Å². The van der Waals surface area contributed by atoms with Gasteiger partial charge >= 0.3 is 11.9 Å². The van der Waals surface area contributed by atoms with E-state index in [1.54, 1.807) is 26.0 Å². The zero-order valence-electron chi connectivity index (χ0n) is 36.5. The number of carbonyl (C=O) groups excluding carboxylic acids is 1. The molecule has 3 aliphatic heterocycles. The molecule has 3 aliphatic carbocycles. The molecule has 0 aromatic heterocycles. The number of carboxylic acids is 1. The highest BCUT2D eigenvalue weighted by Crippen LogP contribution is 2.51. The number of aliphatic hydroxyl groups excluding tert-OH is 4. The van der Waals surface area contributed by atoms with Crippen LogP contribution in [-0.4, -0.2) is 142 Å². The van der Waals surface area contributed by atoms with Crippen molar-refractivity contribution in [1.82, 2.24) is 5.32 Å². The molecule has 4 fully saturated rings. The van der Waals surface area contributed by atoms with Crippen LogP contribution in [0.3, 0.4) is 0 Å². The van der Waals surface area contributed by atoms with Gasteiger partial charge < -0.3 is 75.4 Å². The molecule has 1 saturated heterocycles. The molecule has 3 saturated carbocycles. The van der Waals surface area contributed by atoms with Crippen LogP contribution in [0.1, 0.15) is 97.3 Å². The van der Waals surface area contributed by atoms with E-state index < -0.39 is 73.2 Å². The highest BCUT2D eigenvalue weighted by molar-refractivity contribution is 5.94. The van der Waals surface area contributed by atoms with E-state index in [9.17, 15) is 45.3 Å². The first-order valence-corrected chi connectivity index (χ1v) is 22.6. The minimum Gasteiger partial charge on any atom is -0.477 e. The third kappa shape index (κ3) is 12.0. The molecule has 0 amide bonds. The fourth-order valence-corrected chi connectivity index (χ4v) is 9.96. The molecule has 0 bridgehead atoms. The van der Waals surface area contributed by atoms with E-state index in [1.807, 2.05) is 6.08 Å². The second-order valence-corrected chi connectivity index (χ2v) is 18.1. The summed E-state index contributed by atoms with van der Waals surface area (Å²) in [6, 6.07) is 0. The van der Waals surface area contributed by atoms with Crippen LogP contribution in [0.2, 0.25) is 0 Å². The summed E-state index contributed by atoms with van der Waals surface area (Å²) < 4.78 is 30.9. The van der Waals surface area contributed by atoms with Crippen LogP contribution >= 0.6 is 0 Å². The van der Waals surface area contributed by atoms with E-state index in [4.69, 9.17) is 29.4 Å². The summed E-state index contributed by atoms with van der Waals surface area (Å²) in [5, 5.41) is 75.9. The van der Waals surface area contributed by atoms with Gasteiger partial charge in [-0.2, -0.15) is 0 Å². The van der Waals surface area contributed by atoms with Crippen LogP contribution in [0.25, 0.3) is 0 Å². The highest BCUT2D eigenvalue weighted by atomic mass is 16.8. The number of quaternary nitrogens is 1. The van der Waals surface area contributed by atoms with Crippen LogP contribution in [-0.2, 0) is 33.3 Å². The van der Waals surface area contributed by atoms with Crippen LogP contribution in [0.4, 0.5) is 0 Å². The molecular formula is C45H69N4O14+. The van der Waals surface area contributed by atoms with Crippen molar-refractivity contribution in [3.05, 3.63) is 58.7 Å². The summed E-state index contributed by atoms with van der Waals surface area (Å²) >= 11 is 0. The number of nitrogens with zero attached hydrogens (tertiary/aromatic N) is 1. The minimum absolute atomic E-state index is 0.0666. The lowest BCUT2D eigenvalue weighted by molar-refractivity contribution is -0.843. The maximum Gasteiger partial charge on any atom is 0.343 e. The lowest BCUT2D eigenvalue weighted by Gasteiger charge is -2.48. The monoisotopic (exact) mass is 889 g/mol. The number of carboxylic acid groups (broad SMARTS) is 1. The molecule has 63 heavy (non-hydrogen) atoms. The number of ether oxygens (including phenoxy) is 5. The van der Waals surface area contributed by atoms with E-state index in [2.05, 4.69) is 10.3 Å². The normalized spacial score (nSPS) is 32.2. The van der Waals surface area contributed by atoms with Gasteiger partial charge in [-0.05, 0) is 83.5 Å². The van der Waals surface area contributed by atoms with Gasteiger partial charge in [0.15, 0.2) is 18.4 Å². The summed E-state index contributed by atoms with van der Waals surface area (Å²) in [5.74, 6) is -6.42. The molecule has 18 heteroatoms. The molecule has 3 heterocycles. The average molecular weight is 890 g/mol. The average Bonchev–Trinajstić information content (AvgIpc) is 3.89. The number of aliphatic hydroxyl groups is 6. The Morgan fingerprint density at radius 1 is 1.06 bits per heavy atom. The van der Waals surface area contributed by atoms with Gasteiger partial charge in [-0.25, -0.2) is 9.59 Å². The third-order valence-corrected chi connectivity index (χ3v) is 13.2. The predicted octanol–water partition coefficient (Wildman–Crippen LogP) is 0.531. The number of allylic oxidation sites excluding steroid dienone is 2. The maximum atomic E-state index is 14.5. The van der Waals surface area contributed by atoms with Gasteiger partial charge in [0, 0.05) is 24.6 Å². The molecule has 1 spiro atoms. The Balaban J connectivity index is 1.44. The van der Waals surface area contributed by atoms with Crippen LogP contribution in [0.15, 0.2) is 63.7 Å². The van der Waals surface area contributed by atoms with E-state index in [1.165, 1.54) is 12.5 Å². The first-order valence-electron chi connectivity index (χ1n) is 22.6. The van der Waals surface area contributed by atoms with E-state index >= 15 is 0 Å². The number of nitrogens with one attached hydrogen (secondary N) is 2. The first kappa shape index (κ1) is 48.8. The van der Waals surface area contributed by atoms with E-state index in [-0.39, 0.29) is 67.2 Å². The molecule has 18 nitrogen and oxygen atoms in total. The number of guanidine groups is 1. The second kappa shape index (κ2) is 22.0. The molecule has 0 aromatic rings. The summed E-state index contributed by atoms with van der Waals surface area (Å²) in [6.07, 6.45) is 11.4. The second-order valence-electron chi connectivity index (χ2n) is 18.1. The number of rotatable bonds is 17. The summed E-state index contributed by atoms with van der Waals surface area (Å²) in [5.41, 5.74) is 8.22. The zero-order valence-corrected chi connectivity index (χ0v) is 36.5. The van der Waals surface area contributed by atoms with Crippen molar-refractivity contribution < 1.29 is 73.9 Å². The molecule has 11 N–H and O–H groups in total. The minimum atomic E-state index is -2.91. The van der Waals surface area contributed by atoms with Gasteiger partial charge in [0.2, 0.25) is 12.1 Å². The SMILES string of the molecule is CC(C)O[C@H]1[C@H](O[C@@H]2OC=C(C(=O)O[C@@H]3CCC4(CCCC4)C3)[C@@H](/C=C/C3=C(NC(N)=NCCCO)C(C(=O)O)=C[NH+](CCO)C3)[C@H]2C=C2CCCCC2)O[C@H](CO)[C@@H](O)C1(O)O. The van der Waals surface area contributed by atoms with Crippen LogP contribution in [0, 0.1) is 17.3 Å². The Morgan fingerprint density at radius 3 is 2.48 bits per heavy atom. The molecular weight excluding hydrogens is 821 g/mol. The summed E-state index contributed by atoms with van der Waals surface area (Å²) in [7, 11) is 0. The Hall–Kier alpha value is -3.69. The quantitative estimate of drug-likeness (QED) is 0.0238.